The van der Waals surface area contributed by atoms with Gasteiger partial charge in [-0.3, -0.25) is 0 Å². The Kier molecular flexibility index (Phi) is 4.03. The third kappa shape index (κ3) is 3.19. The van der Waals surface area contributed by atoms with Crippen molar-refractivity contribution in [2.75, 3.05) is 5.32 Å². The fourth-order valence-electron chi connectivity index (χ4n) is 2.42. The SMILES string of the molecule is Cc1ccnc(Nc2nc(C)c(-c3ccccc3)cc2C#N)c1. The molecule has 0 unspecified atom stereocenters. The number of nitriles is 1. The Morgan fingerprint density at radius 1 is 1.04 bits per heavy atom. The quantitative estimate of drug-likeness (QED) is 0.780. The number of hydrogen-bond donors (Lipinski definition) is 1. The lowest BCUT2D eigenvalue weighted by molar-refractivity contribution is 1.17. The lowest BCUT2D eigenvalue weighted by Crippen LogP contribution is -2.02. The van der Waals surface area contributed by atoms with Gasteiger partial charge < -0.3 is 5.32 Å². The van der Waals surface area contributed by atoms with Crippen molar-refractivity contribution in [2.24, 2.45) is 0 Å². The van der Waals surface area contributed by atoms with Crippen LogP contribution in [-0.4, -0.2) is 9.97 Å². The molecule has 4 heteroatoms. The summed E-state index contributed by atoms with van der Waals surface area (Å²) in [5.74, 6) is 1.21. The zero-order valence-electron chi connectivity index (χ0n) is 13.0. The summed E-state index contributed by atoms with van der Waals surface area (Å²) in [4.78, 5) is 8.83. The van der Waals surface area contributed by atoms with Crippen molar-refractivity contribution < 1.29 is 0 Å². The predicted molar refractivity (Wildman–Crippen MR) is 91.4 cm³/mol. The molecule has 2 aromatic heterocycles. The number of aryl methyl sites for hydroxylation is 2. The predicted octanol–water partition coefficient (Wildman–Crippen LogP) is 4.38. The van der Waals surface area contributed by atoms with Crippen LogP contribution in [0.2, 0.25) is 0 Å². The first-order chi connectivity index (χ1) is 11.2. The summed E-state index contributed by atoms with van der Waals surface area (Å²) < 4.78 is 0. The first-order valence-electron chi connectivity index (χ1n) is 7.34. The molecule has 0 spiro atoms. The van der Waals surface area contributed by atoms with Gasteiger partial charge >= 0.3 is 0 Å². The number of pyridine rings is 2. The van der Waals surface area contributed by atoms with Gasteiger partial charge in [0.05, 0.1) is 5.56 Å². The van der Waals surface area contributed by atoms with Gasteiger partial charge in [-0.15, -0.1) is 0 Å². The van der Waals surface area contributed by atoms with E-state index in [-0.39, 0.29) is 0 Å². The van der Waals surface area contributed by atoms with Crippen molar-refractivity contribution in [3.8, 4) is 17.2 Å². The van der Waals surface area contributed by atoms with E-state index in [1.54, 1.807) is 6.20 Å². The molecule has 0 bridgehead atoms. The average molecular weight is 300 g/mol. The zero-order valence-corrected chi connectivity index (χ0v) is 13.0. The first-order valence-corrected chi connectivity index (χ1v) is 7.34. The van der Waals surface area contributed by atoms with Gasteiger partial charge in [0.2, 0.25) is 0 Å². The van der Waals surface area contributed by atoms with Crippen LogP contribution in [0, 0.1) is 25.2 Å². The van der Waals surface area contributed by atoms with E-state index in [4.69, 9.17) is 0 Å². The van der Waals surface area contributed by atoms with Crippen LogP contribution < -0.4 is 5.32 Å². The lowest BCUT2D eigenvalue weighted by atomic mass is 10.0. The molecule has 0 aliphatic heterocycles. The minimum Gasteiger partial charge on any atom is -0.324 e. The minimum absolute atomic E-state index is 0.498. The molecule has 112 valence electrons. The van der Waals surface area contributed by atoms with Crippen LogP contribution in [0.15, 0.2) is 54.7 Å². The van der Waals surface area contributed by atoms with Crippen molar-refractivity contribution in [3.63, 3.8) is 0 Å². The standard InChI is InChI=1S/C19H16N4/c1-13-8-9-21-18(10-13)23-19-16(12-20)11-17(14(2)22-19)15-6-4-3-5-7-15/h3-11H,1-2H3,(H,21,22,23). The van der Waals surface area contributed by atoms with Crippen LogP contribution in [0.1, 0.15) is 16.8 Å². The Hall–Kier alpha value is -3.19. The van der Waals surface area contributed by atoms with Crippen LogP contribution in [0.4, 0.5) is 11.6 Å². The largest absolute Gasteiger partial charge is 0.324 e. The molecule has 0 atom stereocenters. The van der Waals surface area contributed by atoms with Crippen LogP contribution in [0.25, 0.3) is 11.1 Å². The molecule has 1 aromatic carbocycles. The van der Waals surface area contributed by atoms with Crippen molar-refractivity contribution in [1.82, 2.24) is 9.97 Å². The molecule has 0 amide bonds. The number of benzene rings is 1. The second-order valence-electron chi connectivity index (χ2n) is 5.34. The molecule has 0 radical (unpaired) electrons. The fraction of sp³-hybridized carbons (Fsp3) is 0.105. The van der Waals surface area contributed by atoms with Gasteiger partial charge in [-0.05, 0) is 43.2 Å². The highest BCUT2D eigenvalue weighted by Gasteiger charge is 2.11. The maximum atomic E-state index is 9.46. The van der Waals surface area contributed by atoms with Gasteiger partial charge in [-0.2, -0.15) is 5.26 Å². The van der Waals surface area contributed by atoms with Crippen molar-refractivity contribution in [3.05, 3.63) is 71.5 Å². The van der Waals surface area contributed by atoms with Gasteiger partial charge in [0.25, 0.3) is 0 Å². The van der Waals surface area contributed by atoms with E-state index in [1.807, 2.05) is 62.4 Å². The summed E-state index contributed by atoms with van der Waals surface area (Å²) in [6, 6.07) is 17.9. The Bertz CT molecular complexity index is 880. The molecular formula is C19H16N4. The summed E-state index contributed by atoms with van der Waals surface area (Å²) in [6.07, 6.45) is 1.73. The monoisotopic (exact) mass is 300 g/mol. The van der Waals surface area contributed by atoms with E-state index in [2.05, 4.69) is 21.4 Å². The highest BCUT2D eigenvalue weighted by molar-refractivity contribution is 5.72. The Balaban J connectivity index is 2.03. The van der Waals surface area contributed by atoms with E-state index in [0.717, 1.165) is 22.4 Å². The first kappa shape index (κ1) is 14.7. The fourth-order valence-corrected chi connectivity index (χ4v) is 2.42. The molecular weight excluding hydrogens is 284 g/mol. The molecule has 0 saturated heterocycles. The summed E-state index contributed by atoms with van der Waals surface area (Å²) in [5.41, 5.74) is 4.47. The summed E-state index contributed by atoms with van der Waals surface area (Å²) in [6.45, 7) is 3.94. The van der Waals surface area contributed by atoms with Crippen LogP contribution in [-0.2, 0) is 0 Å². The summed E-state index contributed by atoms with van der Waals surface area (Å²) >= 11 is 0. The third-order valence-electron chi connectivity index (χ3n) is 3.58. The topological polar surface area (TPSA) is 61.6 Å². The molecule has 1 N–H and O–H groups in total. The second-order valence-corrected chi connectivity index (χ2v) is 5.34. The number of rotatable bonds is 3. The van der Waals surface area contributed by atoms with E-state index < -0.39 is 0 Å². The van der Waals surface area contributed by atoms with Crippen LogP contribution in [0.5, 0.6) is 0 Å². The van der Waals surface area contributed by atoms with Crippen molar-refractivity contribution >= 4 is 11.6 Å². The summed E-state index contributed by atoms with van der Waals surface area (Å²) in [5, 5.41) is 12.6. The third-order valence-corrected chi connectivity index (χ3v) is 3.58. The second kappa shape index (κ2) is 6.29. The van der Waals surface area contributed by atoms with Gasteiger partial charge in [-0.25, -0.2) is 9.97 Å². The summed E-state index contributed by atoms with van der Waals surface area (Å²) in [7, 11) is 0. The molecule has 0 saturated carbocycles. The van der Waals surface area contributed by atoms with Gasteiger partial charge in [0.15, 0.2) is 0 Å². The van der Waals surface area contributed by atoms with E-state index >= 15 is 0 Å². The van der Waals surface area contributed by atoms with Crippen molar-refractivity contribution in [2.45, 2.75) is 13.8 Å². The number of anilines is 2. The maximum absolute atomic E-state index is 9.46. The zero-order chi connectivity index (χ0) is 16.2. The highest BCUT2D eigenvalue weighted by atomic mass is 15.1. The van der Waals surface area contributed by atoms with Gasteiger partial charge in [-0.1, -0.05) is 30.3 Å². The van der Waals surface area contributed by atoms with Crippen LogP contribution in [0.3, 0.4) is 0 Å². The smallest absolute Gasteiger partial charge is 0.149 e. The number of hydrogen-bond acceptors (Lipinski definition) is 4. The molecule has 2 heterocycles. The lowest BCUT2D eigenvalue weighted by Gasteiger charge is -2.12. The normalized spacial score (nSPS) is 10.1. The highest BCUT2D eigenvalue weighted by Crippen LogP contribution is 2.27. The van der Waals surface area contributed by atoms with Gasteiger partial charge in [0.1, 0.15) is 17.7 Å². The van der Waals surface area contributed by atoms with E-state index in [0.29, 0.717) is 17.2 Å². The Morgan fingerprint density at radius 2 is 1.83 bits per heavy atom. The molecule has 0 aliphatic rings. The van der Waals surface area contributed by atoms with E-state index in [1.165, 1.54) is 0 Å². The Labute approximate surface area is 135 Å². The molecule has 3 rings (SSSR count). The Morgan fingerprint density at radius 3 is 2.52 bits per heavy atom. The van der Waals surface area contributed by atoms with Crippen molar-refractivity contribution in [1.29, 1.82) is 5.26 Å². The maximum Gasteiger partial charge on any atom is 0.149 e. The molecule has 0 aliphatic carbocycles. The average Bonchev–Trinajstić information content (AvgIpc) is 2.56. The molecule has 3 aromatic rings. The number of aromatic nitrogens is 2. The minimum atomic E-state index is 0.498. The van der Waals surface area contributed by atoms with Gasteiger partial charge in [0, 0.05) is 17.5 Å². The molecule has 0 fully saturated rings. The number of nitrogens with one attached hydrogen (secondary N) is 1. The molecule has 4 nitrogen and oxygen atoms in total. The molecule has 23 heavy (non-hydrogen) atoms. The van der Waals surface area contributed by atoms with Crippen LogP contribution >= 0.6 is 0 Å². The number of nitrogens with zero attached hydrogens (tertiary/aromatic N) is 3. The van der Waals surface area contributed by atoms with E-state index in [9.17, 15) is 5.26 Å².